The Morgan fingerprint density at radius 3 is 2.38 bits per heavy atom. The summed E-state index contributed by atoms with van der Waals surface area (Å²) in [5.41, 5.74) is 1.58. The Morgan fingerprint density at radius 2 is 1.68 bits per heavy atom. The number of aromatic hydroxyl groups is 4. The predicted molar refractivity (Wildman–Crippen MR) is 140 cm³/mol. The number of aliphatic hydroxyl groups excluding tert-OH is 1. The van der Waals surface area contributed by atoms with Gasteiger partial charge in [0, 0.05) is 37.1 Å². The number of aliphatic hydroxyl groups is 1. The molecule has 4 rings (SSSR count). The maximum atomic E-state index is 13.2. The summed E-state index contributed by atoms with van der Waals surface area (Å²) in [6, 6.07) is 12.5. The molecule has 0 atom stereocenters. The van der Waals surface area contributed by atoms with Gasteiger partial charge in [-0.1, -0.05) is 26.0 Å². The van der Waals surface area contributed by atoms with Crippen LogP contribution in [0.15, 0.2) is 57.7 Å². The highest BCUT2D eigenvalue weighted by molar-refractivity contribution is 5.88. The first-order valence-electron chi connectivity index (χ1n) is 12.1. The number of phenols is 3. The number of benzene rings is 3. The minimum atomic E-state index is -0.733. The van der Waals surface area contributed by atoms with Crippen LogP contribution in [0.3, 0.4) is 0 Å². The van der Waals surface area contributed by atoms with E-state index in [1.54, 1.807) is 30.3 Å². The average molecular weight is 507 g/mol. The lowest BCUT2D eigenvalue weighted by Gasteiger charge is -2.16. The third kappa shape index (κ3) is 5.65. The Balaban J connectivity index is 1.89. The van der Waals surface area contributed by atoms with Gasteiger partial charge in [-0.3, -0.25) is 4.79 Å². The van der Waals surface area contributed by atoms with Crippen molar-refractivity contribution in [1.29, 1.82) is 0 Å². The summed E-state index contributed by atoms with van der Waals surface area (Å²) in [5, 5.41) is 51.0. The van der Waals surface area contributed by atoms with Crippen molar-refractivity contribution in [2.75, 3.05) is 13.2 Å². The minimum absolute atomic E-state index is 0.0183. The number of hydrogen-bond acceptors (Lipinski definition) is 8. The van der Waals surface area contributed by atoms with E-state index in [1.165, 1.54) is 12.1 Å². The van der Waals surface area contributed by atoms with E-state index in [1.807, 2.05) is 19.9 Å². The van der Waals surface area contributed by atoms with Crippen molar-refractivity contribution in [1.82, 2.24) is 0 Å². The van der Waals surface area contributed by atoms with Crippen LogP contribution in [0.2, 0.25) is 0 Å². The third-order valence-electron chi connectivity index (χ3n) is 5.94. The summed E-state index contributed by atoms with van der Waals surface area (Å²) in [6.07, 6.45) is 1.15. The van der Waals surface area contributed by atoms with Crippen LogP contribution in [0.1, 0.15) is 37.0 Å². The van der Waals surface area contributed by atoms with E-state index in [-0.39, 0.29) is 58.9 Å². The van der Waals surface area contributed by atoms with Crippen LogP contribution >= 0.6 is 0 Å². The molecule has 0 amide bonds. The van der Waals surface area contributed by atoms with E-state index < -0.39 is 11.2 Å². The molecule has 3 aromatic carbocycles. The van der Waals surface area contributed by atoms with Crippen molar-refractivity contribution in [3.63, 3.8) is 0 Å². The second kappa shape index (κ2) is 10.8. The molecule has 1 heterocycles. The Hall–Kier alpha value is -4.17. The van der Waals surface area contributed by atoms with Crippen LogP contribution in [-0.2, 0) is 12.8 Å². The summed E-state index contributed by atoms with van der Waals surface area (Å²) in [6.45, 7) is 4.02. The molecule has 0 radical (unpaired) electrons. The quantitative estimate of drug-likeness (QED) is 0.203. The standard InChI is InChI=1S/C29H30O8/c1-16(2)9-18-12-20(13-19(26(18)33)10-17-5-3-6-21(31)11-17)29-28(35)27(34)25-23(36-8-4-7-30)14-22(32)15-24(25)37-29/h3,5-6,11-16,30-33,35H,4,7-10H2,1-2H3. The Morgan fingerprint density at radius 1 is 0.919 bits per heavy atom. The van der Waals surface area contributed by atoms with Gasteiger partial charge in [0.05, 0.1) is 6.61 Å². The monoisotopic (exact) mass is 506 g/mol. The molecule has 8 nitrogen and oxygen atoms in total. The average Bonchev–Trinajstić information content (AvgIpc) is 2.83. The molecule has 0 unspecified atom stereocenters. The molecule has 0 saturated carbocycles. The molecule has 1 aromatic heterocycles. The van der Waals surface area contributed by atoms with Crippen LogP contribution in [-0.4, -0.2) is 38.7 Å². The van der Waals surface area contributed by atoms with Gasteiger partial charge < -0.3 is 34.7 Å². The first-order chi connectivity index (χ1) is 17.7. The summed E-state index contributed by atoms with van der Waals surface area (Å²) in [7, 11) is 0. The largest absolute Gasteiger partial charge is 0.508 e. The molecule has 0 aliphatic heterocycles. The lowest BCUT2D eigenvalue weighted by atomic mass is 9.93. The normalized spacial score (nSPS) is 11.4. The van der Waals surface area contributed by atoms with Crippen LogP contribution in [0.4, 0.5) is 0 Å². The summed E-state index contributed by atoms with van der Waals surface area (Å²) < 4.78 is 11.5. The van der Waals surface area contributed by atoms with E-state index in [0.717, 1.165) is 5.56 Å². The molecular weight excluding hydrogens is 476 g/mol. The molecule has 5 N–H and O–H groups in total. The molecule has 0 spiro atoms. The minimum Gasteiger partial charge on any atom is -0.508 e. The Bertz CT molecular complexity index is 1490. The van der Waals surface area contributed by atoms with Crippen molar-refractivity contribution >= 4 is 11.0 Å². The molecule has 0 bridgehead atoms. The smallest absolute Gasteiger partial charge is 0.238 e. The number of phenolic OH excluding ortho intramolecular Hbond substituents is 3. The first-order valence-corrected chi connectivity index (χ1v) is 12.1. The van der Waals surface area contributed by atoms with Gasteiger partial charge in [-0.15, -0.1) is 0 Å². The van der Waals surface area contributed by atoms with Gasteiger partial charge in [-0.2, -0.15) is 0 Å². The zero-order valence-corrected chi connectivity index (χ0v) is 20.7. The van der Waals surface area contributed by atoms with Crippen LogP contribution in [0.25, 0.3) is 22.3 Å². The van der Waals surface area contributed by atoms with Crippen LogP contribution < -0.4 is 10.2 Å². The lowest BCUT2D eigenvalue weighted by Crippen LogP contribution is -2.07. The highest BCUT2D eigenvalue weighted by atomic mass is 16.5. The Kier molecular flexibility index (Phi) is 7.59. The van der Waals surface area contributed by atoms with Gasteiger partial charge in [0.25, 0.3) is 0 Å². The van der Waals surface area contributed by atoms with Gasteiger partial charge in [-0.25, -0.2) is 0 Å². The van der Waals surface area contributed by atoms with Crippen LogP contribution in [0, 0.1) is 5.92 Å². The highest BCUT2D eigenvalue weighted by Gasteiger charge is 2.22. The fourth-order valence-electron chi connectivity index (χ4n) is 4.32. The highest BCUT2D eigenvalue weighted by Crippen LogP contribution is 2.39. The van der Waals surface area contributed by atoms with E-state index in [0.29, 0.717) is 36.0 Å². The predicted octanol–water partition coefficient (Wildman–Crippen LogP) is 4.83. The van der Waals surface area contributed by atoms with E-state index in [2.05, 4.69) is 0 Å². The summed E-state index contributed by atoms with van der Waals surface area (Å²) >= 11 is 0. The number of fused-ring (bicyclic) bond motifs is 1. The molecule has 0 saturated heterocycles. The molecule has 37 heavy (non-hydrogen) atoms. The van der Waals surface area contributed by atoms with Gasteiger partial charge in [0.2, 0.25) is 11.2 Å². The SMILES string of the molecule is CC(C)Cc1cc(-c2oc3cc(O)cc(OCCCO)c3c(=O)c2O)cc(Cc2cccc(O)c2)c1O. The van der Waals surface area contributed by atoms with Crippen molar-refractivity contribution in [3.05, 3.63) is 75.4 Å². The zero-order valence-electron chi connectivity index (χ0n) is 20.7. The molecule has 8 heteroatoms. The number of rotatable bonds is 9. The van der Waals surface area contributed by atoms with E-state index >= 15 is 0 Å². The molecule has 4 aromatic rings. The van der Waals surface area contributed by atoms with Crippen molar-refractivity contribution in [2.24, 2.45) is 5.92 Å². The Labute approximate surface area is 213 Å². The van der Waals surface area contributed by atoms with Crippen molar-refractivity contribution in [3.8, 4) is 40.1 Å². The fraction of sp³-hybridized carbons (Fsp3) is 0.276. The van der Waals surface area contributed by atoms with Gasteiger partial charge in [0.15, 0.2) is 5.76 Å². The topological polar surface area (TPSA) is 141 Å². The van der Waals surface area contributed by atoms with Gasteiger partial charge in [0.1, 0.15) is 34.0 Å². The van der Waals surface area contributed by atoms with Crippen molar-refractivity contribution < 1.29 is 34.7 Å². The van der Waals surface area contributed by atoms with Gasteiger partial charge in [-0.05, 0) is 53.3 Å². The third-order valence-corrected chi connectivity index (χ3v) is 5.94. The number of ether oxygens (including phenoxy) is 1. The first kappa shape index (κ1) is 25.9. The lowest BCUT2D eigenvalue weighted by molar-refractivity contribution is 0.234. The maximum absolute atomic E-state index is 13.2. The van der Waals surface area contributed by atoms with Crippen molar-refractivity contribution in [2.45, 2.75) is 33.1 Å². The molecule has 0 aliphatic carbocycles. The second-order valence-corrected chi connectivity index (χ2v) is 9.44. The van der Waals surface area contributed by atoms with Crippen LogP contribution in [0.5, 0.6) is 28.7 Å². The summed E-state index contributed by atoms with van der Waals surface area (Å²) in [5.74, 6) is -0.480. The number of hydrogen-bond donors (Lipinski definition) is 5. The molecular formula is C29H30O8. The fourth-order valence-corrected chi connectivity index (χ4v) is 4.32. The van der Waals surface area contributed by atoms with Gasteiger partial charge >= 0.3 is 0 Å². The second-order valence-electron chi connectivity index (χ2n) is 9.44. The van der Waals surface area contributed by atoms with E-state index in [4.69, 9.17) is 14.3 Å². The molecule has 0 aliphatic rings. The zero-order chi connectivity index (χ0) is 26.7. The van der Waals surface area contributed by atoms with E-state index in [9.17, 15) is 25.2 Å². The summed E-state index contributed by atoms with van der Waals surface area (Å²) in [4.78, 5) is 13.2. The molecule has 194 valence electrons. The maximum Gasteiger partial charge on any atom is 0.238 e. The molecule has 0 fully saturated rings.